The lowest BCUT2D eigenvalue weighted by Crippen LogP contribution is -2.22. The maximum Gasteiger partial charge on any atom is 0.259 e. The lowest BCUT2D eigenvalue weighted by Gasteiger charge is -2.14. The number of imide groups is 1. The van der Waals surface area contributed by atoms with Crippen LogP contribution in [0.15, 0.2) is 54.9 Å². The van der Waals surface area contributed by atoms with E-state index in [0.717, 1.165) is 66.2 Å². The van der Waals surface area contributed by atoms with Gasteiger partial charge < -0.3 is 14.2 Å². The van der Waals surface area contributed by atoms with E-state index in [0.29, 0.717) is 11.1 Å². The predicted octanol–water partition coefficient (Wildman–Crippen LogP) is 3.88. The van der Waals surface area contributed by atoms with E-state index in [1.165, 1.54) is 11.1 Å². The number of aromatic nitrogens is 2. The van der Waals surface area contributed by atoms with E-state index in [1.807, 2.05) is 42.7 Å². The molecule has 2 aliphatic rings. The summed E-state index contributed by atoms with van der Waals surface area (Å²) in [5.74, 6) is -0.684. The first-order valence-corrected chi connectivity index (χ1v) is 11.6. The molecule has 4 heterocycles. The van der Waals surface area contributed by atoms with Gasteiger partial charge in [-0.05, 0) is 37.3 Å². The van der Waals surface area contributed by atoms with Gasteiger partial charge in [-0.2, -0.15) is 0 Å². The van der Waals surface area contributed by atoms with Gasteiger partial charge in [0.05, 0.1) is 16.7 Å². The molecule has 2 aromatic carbocycles. The first kappa shape index (κ1) is 20.0. The van der Waals surface area contributed by atoms with Gasteiger partial charge >= 0.3 is 0 Å². The van der Waals surface area contributed by atoms with Crippen LogP contribution in [0.5, 0.6) is 0 Å². The Bertz CT molecular complexity index is 1470. The van der Waals surface area contributed by atoms with Crippen LogP contribution in [-0.2, 0) is 29.1 Å². The van der Waals surface area contributed by atoms with Crippen molar-refractivity contribution < 1.29 is 14.7 Å². The summed E-state index contributed by atoms with van der Waals surface area (Å²) < 4.78 is 4.35. The number of amides is 2. The van der Waals surface area contributed by atoms with Gasteiger partial charge in [0.25, 0.3) is 11.8 Å². The number of aliphatic hydroxyl groups is 1. The van der Waals surface area contributed by atoms with Crippen molar-refractivity contribution in [3.05, 3.63) is 71.5 Å². The Morgan fingerprint density at radius 1 is 0.879 bits per heavy atom. The molecular weight excluding hydrogens is 414 g/mol. The van der Waals surface area contributed by atoms with Crippen molar-refractivity contribution >= 4 is 44.8 Å². The third-order valence-corrected chi connectivity index (χ3v) is 6.89. The number of hydrogen-bond acceptors (Lipinski definition) is 3. The summed E-state index contributed by atoms with van der Waals surface area (Å²) in [4.78, 5) is 26.3. The highest BCUT2D eigenvalue weighted by molar-refractivity contribution is 6.50. The summed E-state index contributed by atoms with van der Waals surface area (Å²) in [6.07, 6.45) is 7.68. The predicted molar refractivity (Wildman–Crippen MR) is 128 cm³/mol. The molecule has 33 heavy (non-hydrogen) atoms. The highest BCUT2D eigenvalue weighted by atomic mass is 16.3. The Morgan fingerprint density at radius 3 is 2.45 bits per heavy atom. The Labute approximate surface area is 191 Å². The van der Waals surface area contributed by atoms with Gasteiger partial charge in [-0.3, -0.25) is 14.9 Å². The highest BCUT2D eigenvalue weighted by Gasteiger charge is 2.35. The topological polar surface area (TPSA) is 76.3 Å². The molecule has 4 aromatic rings. The van der Waals surface area contributed by atoms with Crippen molar-refractivity contribution in [2.45, 2.75) is 38.8 Å². The minimum atomic E-state index is -0.347. The average Bonchev–Trinajstić information content (AvgIpc) is 3.46. The van der Waals surface area contributed by atoms with E-state index in [2.05, 4.69) is 26.6 Å². The fraction of sp³-hybridized carbons (Fsp3) is 0.259. The third-order valence-electron chi connectivity index (χ3n) is 6.89. The number of nitrogens with one attached hydrogen (secondary N) is 1. The molecule has 6 heteroatoms. The lowest BCUT2D eigenvalue weighted by atomic mass is 9.94. The molecule has 0 atom stereocenters. The van der Waals surface area contributed by atoms with E-state index in [1.54, 1.807) is 0 Å². The number of nitrogens with zero attached hydrogens (tertiary/aromatic N) is 2. The summed E-state index contributed by atoms with van der Waals surface area (Å²) in [6.45, 7) is 1.81. The molecule has 2 amide bonds. The van der Waals surface area contributed by atoms with Gasteiger partial charge in [0.2, 0.25) is 0 Å². The van der Waals surface area contributed by atoms with Gasteiger partial charge in [-0.15, -0.1) is 0 Å². The van der Waals surface area contributed by atoms with Crippen molar-refractivity contribution in [3.8, 4) is 0 Å². The standard InChI is InChI=1S/C27H25N3O3/c31-14-4-3-12-29-15-20(18-9-1-2-11-22(18)29)23-24(27(33)28-26(23)32)21-16-30-13-6-8-17-7-5-10-19(21)25(17)30/h1-2,5,7,9-11,15-16,31H,3-4,6,8,12-14H2,(H,28,32,33). The van der Waals surface area contributed by atoms with Crippen molar-refractivity contribution in [2.75, 3.05) is 6.61 Å². The number of carbonyl (C=O) groups is 2. The number of hydrogen-bond donors (Lipinski definition) is 2. The van der Waals surface area contributed by atoms with E-state index in [4.69, 9.17) is 0 Å². The molecular formula is C27H25N3O3. The van der Waals surface area contributed by atoms with Crippen LogP contribution >= 0.6 is 0 Å². The Hall–Kier alpha value is -3.64. The van der Waals surface area contributed by atoms with Crippen LogP contribution in [0.25, 0.3) is 33.0 Å². The summed E-state index contributed by atoms with van der Waals surface area (Å²) in [7, 11) is 0. The number of aliphatic hydroxyl groups excluding tert-OH is 1. The second-order valence-corrected chi connectivity index (χ2v) is 8.87. The summed E-state index contributed by atoms with van der Waals surface area (Å²) in [6, 6.07) is 14.2. The zero-order valence-electron chi connectivity index (χ0n) is 18.3. The highest BCUT2D eigenvalue weighted by Crippen LogP contribution is 2.40. The van der Waals surface area contributed by atoms with Crippen LogP contribution in [0.1, 0.15) is 36.0 Å². The maximum absolute atomic E-state index is 13.1. The fourth-order valence-electron chi connectivity index (χ4n) is 5.45. The summed E-state index contributed by atoms with van der Waals surface area (Å²) in [5.41, 5.74) is 5.99. The molecule has 166 valence electrons. The summed E-state index contributed by atoms with van der Waals surface area (Å²) in [5, 5.41) is 13.7. The zero-order chi connectivity index (χ0) is 22.5. The quantitative estimate of drug-likeness (QED) is 0.354. The van der Waals surface area contributed by atoms with Gasteiger partial charge in [0, 0.05) is 59.5 Å². The minimum Gasteiger partial charge on any atom is -0.396 e. The Kier molecular flexibility index (Phi) is 4.69. The Balaban J connectivity index is 1.59. The normalized spacial score (nSPS) is 15.8. The zero-order valence-corrected chi connectivity index (χ0v) is 18.3. The molecule has 0 saturated carbocycles. The molecule has 0 bridgehead atoms. The largest absolute Gasteiger partial charge is 0.396 e. The Morgan fingerprint density at radius 2 is 1.64 bits per heavy atom. The van der Waals surface area contributed by atoms with Crippen LogP contribution in [0.2, 0.25) is 0 Å². The van der Waals surface area contributed by atoms with Crippen LogP contribution in [0.3, 0.4) is 0 Å². The van der Waals surface area contributed by atoms with Crippen LogP contribution in [0, 0.1) is 0 Å². The maximum atomic E-state index is 13.1. The SMILES string of the molecule is O=C1NC(=O)C(c2cn3c4c(cccc24)CCC3)=C1c1cn(CCCCO)c2ccccc12. The number of carbonyl (C=O) groups excluding carboxylic acids is 2. The summed E-state index contributed by atoms with van der Waals surface area (Å²) >= 11 is 0. The van der Waals surface area contributed by atoms with Gasteiger partial charge in [-0.1, -0.05) is 36.4 Å². The molecule has 0 saturated heterocycles. The van der Waals surface area contributed by atoms with E-state index in [9.17, 15) is 14.7 Å². The van der Waals surface area contributed by atoms with Crippen LogP contribution in [0.4, 0.5) is 0 Å². The molecule has 2 aliphatic heterocycles. The lowest BCUT2D eigenvalue weighted by molar-refractivity contribution is -0.122. The van der Waals surface area contributed by atoms with E-state index < -0.39 is 0 Å². The number of para-hydroxylation sites is 2. The second kappa shape index (κ2) is 7.74. The van der Waals surface area contributed by atoms with Gasteiger partial charge in [-0.25, -0.2) is 0 Å². The number of rotatable bonds is 6. The monoisotopic (exact) mass is 439 g/mol. The molecule has 0 unspecified atom stereocenters. The number of benzene rings is 2. The molecule has 0 aliphatic carbocycles. The van der Waals surface area contributed by atoms with Crippen molar-refractivity contribution in [1.82, 2.24) is 14.5 Å². The van der Waals surface area contributed by atoms with Gasteiger partial charge in [0.15, 0.2) is 0 Å². The first-order chi connectivity index (χ1) is 16.2. The molecule has 0 spiro atoms. The average molecular weight is 440 g/mol. The van der Waals surface area contributed by atoms with Crippen molar-refractivity contribution in [2.24, 2.45) is 0 Å². The number of aryl methyl sites for hydroxylation is 3. The van der Waals surface area contributed by atoms with E-state index >= 15 is 0 Å². The molecule has 0 radical (unpaired) electrons. The van der Waals surface area contributed by atoms with Crippen LogP contribution < -0.4 is 5.32 Å². The second-order valence-electron chi connectivity index (χ2n) is 8.87. The smallest absolute Gasteiger partial charge is 0.259 e. The first-order valence-electron chi connectivity index (χ1n) is 11.6. The van der Waals surface area contributed by atoms with E-state index in [-0.39, 0.29) is 18.4 Å². The number of fused-ring (bicyclic) bond motifs is 1. The molecule has 6 nitrogen and oxygen atoms in total. The van der Waals surface area contributed by atoms with Gasteiger partial charge in [0.1, 0.15) is 0 Å². The number of unbranched alkanes of at least 4 members (excludes halogenated alkanes) is 1. The minimum absolute atomic E-state index is 0.157. The van der Waals surface area contributed by atoms with Crippen molar-refractivity contribution in [3.63, 3.8) is 0 Å². The molecule has 0 fully saturated rings. The molecule has 2 aromatic heterocycles. The van der Waals surface area contributed by atoms with Crippen LogP contribution in [-0.4, -0.2) is 32.7 Å². The molecule has 6 rings (SSSR count). The van der Waals surface area contributed by atoms with Crippen molar-refractivity contribution in [1.29, 1.82) is 0 Å². The third kappa shape index (κ3) is 3.05. The fourth-order valence-corrected chi connectivity index (χ4v) is 5.45. The molecule has 2 N–H and O–H groups in total.